The van der Waals surface area contributed by atoms with Crippen molar-refractivity contribution in [1.82, 2.24) is 0 Å². The van der Waals surface area contributed by atoms with Crippen LogP contribution in [0.3, 0.4) is 0 Å². The van der Waals surface area contributed by atoms with Crippen LogP contribution in [0, 0.1) is 5.21 Å². The van der Waals surface area contributed by atoms with Crippen LogP contribution in [0.5, 0.6) is 0 Å². The maximum atomic E-state index is 10.6. The molecule has 0 heterocycles. The van der Waals surface area contributed by atoms with Gasteiger partial charge in [-0.1, -0.05) is 6.07 Å². The molecule has 0 aliphatic rings. The molecule has 13 heavy (non-hydrogen) atoms. The maximum absolute atomic E-state index is 10.6. The first-order chi connectivity index (χ1) is 5.91. The summed E-state index contributed by atoms with van der Waals surface area (Å²) in [4.78, 5) is -0.424. The monoisotopic (exact) mass is 205 g/mol. The minimum absolute atomic E-state index is 0.185. The largest absolute Gasteiger partial charge is 0.595 e. The lowest BCUT2D eigenvalue weighted by molar-refractivity contribution is -0.991. The molecule has 1 aromatic rings. The van der Waals surface area contributed by atoms with Crippen molar-refractivity contribution in [1.29, 1.82) is 0 Å². The third-order valence-electron chi connectivity index (χ3n) is 1.38. The van der Waals surface area contributed by atoms with E-state index in [4.69, 9.17) is 9.76 Å². The fourth-order valence-electron chi connectivity index (χ4n) is 0.790. The minimum Gasteiger partial charge on any atom is -0.595 e. The van der Waals surface area contributed by atoms with E-state index in [9.17, 15) is 13.6 Å². The molecule has 1 aromatic carbocycles. The molecule has 1 atom stereocenters. The van der Waals surface area contributed by atoms with Gasteiger partial charge in [0.2, 0.25) is 0 Å². The van der Waals surface area contributed by atoms with E-state index < -0.39 is 20.2 Å². The molecule has 0 bridgehead atoms. The van der Waals surface area contributed by atoms with Gasteiger partial charge in [0, 0.05) is 12.1 Å². The molecule has 6 nitrogen and oxygen atoms in total. The van der Waals surface area contributed by atoms with Crippen molar-refractivity contribution in [3.63, 3.8) is 0 Å². The lowest BCUT2D eigenvalue weighted by atomic mass is 10.3. The molecule has 72 valence electrons. The molecule has 3 N–H and O–H groups in total. The number of nitrogens with one attached hydrogen (secondary N) is 1. The number of quaternary nitrogens is 1. The Bertz CT molecular complexity index is 399. The molecule has 0 amide bonds. The number of hydrogen-bond acceptors (Lipinski definition) is 4. The molecule has 0 radical (unpaired) electrons. The summed E-state index contributed by atoms with van der Waals surface area (Å²) in [6.07, 6.45) is 0. The molecular formula is C6H7NO5S. The van der Waals surface area contributed by atoms with Crippen LogP contribution in [0.25, 0.3) is 0 Å². The molecule has 7 heteroatoms. The summed E-state index contributed by atoms with van der Waals surface area (Å²) in [5.41, 5.74) is -0.185. The Morgan fingerprint density at radius 2 is 2.00 bits per heavy atom. The van der Waals surface area contributed by atoms with E-state index >= 15 is 0 Å². The summed E-state index contributed by atoms with van der Waals surface area (Å²) in [7, 11) is -4.32. The molecular weight excluding hydrogens is 198 g/mol. The summed E-state index contributed by atoms with van der Waals surface area (Å²) in [5, 5.41) is 17.7. The van der Waals surface area contributed by atoms with Crippen molar-refractivity contribution in [3.8, 4) is 0 Å². The van der Waals surface area contributed by atoms with Crippen molar-refractivity contribution < 1.29 is 23.4 Å². The van der Waals surface area contributed by atoms with E-state index in [1.807, 2.05) is 0 Å². The SMILES string of the molecule is O=S(=O)(O)c1cccc([NH+]([O-])O)c1. The summed E-state index contributed by atoms with van der Waals surface area (Å²) >= 11 is 0. The summed E-state index contributed by atoms with van der Waals surface area (Å²) in [6, 6.07) is 4.48. The Morgan fingerprint density at radius 3 is 2.46 bits per heavy atom. The Balaban J connectivity index is 3.21. The number of rotatable bonds is 2. The van der Waals surface area contributed by atoms with Crippen LogP contribution >= 0.6 is 0 Å². The second-order valence-corrected chi connectivity index (χ2v) is 3.73. The van der Waals surface area contributed by atoms with Crippen LogP contribution in [0.4, 0.5) is 5.69 Å². The Hall–Kier alpha value is -0.990. The first-order valence-electron chi connectivity index (χ1n) is 3.22. The van der Waals surface area contributed by atoms with E-state index in [1.54, 1.807) is 0 Å². The number of benzene rings is 1. The van der Waals surface area contributed by atoms with Crippen molar-refractivity contribution in [2.45, 2.75) is 4.90 Å². The van der Waals surface area contributed by atoms with Crippen molar-refractivity contribution in [3.05, 3.63) is 29.5 Å². The van der Waals surface area contributed by atoms with Crippen LogP contribution in [0.1, 0.15) is 0 Å². The van der Waals surface area contributed by atoms with Gasteiger partial charge in [0.1, 0.15) is 0 Å². The van der Waals surface area contributed by atoms with Gasteiger partial charge < -0.3 is 5.21 Å². The molecule has 0 aliphatic carbocycles. The fourth-order valence-corrected chi connectivity index (χ4v) is 1.32. The van der Waals surface area contributed by atoms with Crippen LogP contribution in [0.15, 0.2) is 29.2 Å². The van der Waals surface area contributed by atoms with Gasteiger partial charge in [-0.3, -0.25) is 4.55 Å². The van der Waals surface area contributed by atoms with Gasteiger partial charge in [0.05, 0.1) is 4.90 Å². The van der Waals surface area contributed by atoms with E-state index in [1.165, 1.54) is 12.1 Å². The van der Waals surface area contributed by atoms with Gasteiger partial charge in [-0.05, 0) is 6.07 Å². The minimum atomic E-state index is -4.32. The zero-order valence-electron chi connectivity index (χ0n) is 6.34. The van der Waals surface area contributed by atoms with Crippen molar-refractivity contribution in [2.24, 2.45) is 0 Å². The highest BCUT2D eigenvalue weighted by molar-refractivity contribution is 7.85. The van der Waals surface area contributed by atoms with E-state index in [0.717, 1.165) is 12.1 Å². The first-order valence-corrected chi connectivity index (χ1v) is 4.66. The van der Waals surface area contributed by atoms with Gasteiger partial charge >= 0.3 is 0 Å². The lowest BCUT2D eigenvalue weighted by Gasteiger charge is -2.11. The predicted octanol–water partition coefficient (Wildman–Crippen LogP) is -0.663. The third-order valence-corrected chi connectivity index (χ3v) is 2.23. The fraction of sp³-hybridized carbons (Fsp3) is 0. The average Bonchev–Trinajstić information content (AvgIpc) is 2.03. The second-order valence-electron chi connectivity index (χ2n) is 2.31. The molecule has 0 saturated carbocycles. The average molecular weight is 205 g/mol. The smallest absolute Gasteiger partial charge is 0.294 e. The zero-order chi connectivity index (χ0) is 10.1. The first kappa shape index (κ1) is 10.1. The van der Waals surface area contributed by atoms with E-state index in [2.05, 4.69) is 0 Å². The predicted molar refractivity (Wildman–Crippen MR) is 42.0 cm³/mol. The van der Waals surface area contributed by atoms with Gasteiger partial charge in [-0.25, -0.2) is 5.21 Å². The Kier molecular flexibility index (Phi) is 2.64. The van der Waals surface area contributed by atoms with Crippen molar-refractivity contribution >= 4 is 15.8 Å². The van der Waals surface area contributed by atoms with Gasteiger partial charge in [-0.2, -0.15) is 13.6 Å². The van der Waals surface area contributed by atoms with Crippen molar-refractivity contribution in [2.75, 3.05) is 0 Å². The van der Waals surface area contributed by atoms with Gasteiger partial charge in [0.25, 0.3) is 10.1 Å². The quantitative estimate of drug-likeness (QED) is 0.439. The molecule has 0 aromatic heterocycles. The maximum Gasteiger partial charge on any atom is 0.294 e. The molecule has 0 spiro atoms. The normalized spacial score (nSPS) is 14.1. The zero-order valence-corrected chi connectivity index (χ0v) is 7.15. The standard InChI is InChI=1S/C6H7NO5S/c8-7(9)5-2-1-3-6(4-5)13(10,11)12/h1-4,7-8H,(H,10,11,12). The third kappa shape index (κ3) is 2.47. The van der Waals surface area contributed by atoms with Crippen LogP contribution < -0.4 is 5.23 Å². The van der Waals surface area contributed by atoms with Crippen LogP contribution in [-0.2, 0) is 10.1 Å². The lowest BCUT2D eigenvalue weighted by Crippen LogP contribution is -2.99. The molecule has 0 fully saturated rings. The molecule has 0 aliphatic heterocycles. The Labute approximate surface area is 74.3 Å². The highest BCUT2D eigenvalue weighted by atomic mass is 32.2. The van der Waals surface area contributed by atoms with E-state index in [0.29, 0.717) is 0 Å². The van der Waals surface area contributed by atoms with Gasteiger partial charge in [0.15, 0.2) is 5.69 Å². The second kappa shape index (κ2) is 3.40. The Morgan fingerprint density at radius 1 is 1.38 bits per heavy atom. The molecule has 1 rings (SSSR count). The van der Waals surface area contributed by atoms with Crippen LogP contribution in [-0.4, -0.2) is 18.2 Å². The highest BCUT2D eigenvalue weighted by Gasteiger charge is 2.11. The highest BCUT2D eigenvalue weighted by Crippen LogP contribution is 2.11. The number of hydrogen-bond donors (Lipinski definition) is 3. The summed E-state index contributed by atoms with van der Waals surface area (Å²) in [5.74, 6) is 0. The summed E-state index contributed by atoms with van der Waals surface area (Å²) in [6.45, 7) is 0. The van der Waals surface area contributed by atoms with E-state index in [-0.39, 0.29) is 5.69 Å². The topological polar surface area (TPSA) is 102 Å². The summed E-state index contributed by atoms with van der Waals surface area (Å²) < 4.78 is 29.7. The van der Waals surface area contributed by atoms with Gasteiger partial charge in [-0.15, -0.1) is 0 Å². The molecule has 0 saturated heterocycles. The van der Waals surface area contributed by atoms with Crippen LogP contribution in [0.2, 0.25) is 0 Å². The molecule has 1 unspecified atom stereocenters.